The molecule has 0 aliphatic rings. The molecule has 0 spiro atoms. The second kappa shape index (κ2) is 4.51. The molecule has 0 amide bonds. The zero-order chi connectivity index (χ0) is 12.5. The maximum atomic E-state index is 5.65. The van der Waals surface area contributed by atoms with Crippen molar-refractivity contribution in [1.82, 2.24) is 14.8 Å². The second-order valence-electron chi connectivity index (χ2n) is 4.22. The van der Waals surface area contributed by atoms with Crippen molar-refractivity contribution in [1.29, 1.82) is 0 Å². The van der Waals surface area contributed by atoms with Crippen LogP contribution in [0.2, 0.25) is 0 Å². The van der Waals surface area contributed by atoms with E-state index in [1.165, 1.54) is 4.70 Å². The molecule has 0 saturated heterocycles. The Hall–Kier alpha value is -1.72. The van der Waals surface area contributed by atoms with E-state index in [0.29, 0.717) is 13.1 Å². The number of thiazole rings is 1. The molecule has 0 fully saturated rings. The van der Waals surface area contributed by atoms with Gasteiger partial charge in [-0.2, -0.15) is 5.10 Å². The first kappa shape index (κ1) is 11.4. The van der Waals surface area contributed by atoms with Gasteiger partial charge in [-0.05, 0) is 19.1 Å². The predicted molar refractivity (Wildman–Crippen MR) is 73.6 cm³/mol. The zero-order valence-corrected chi connectivity index (χ0v) is 10.9. The molecule has 92 valence electrons. The second-order valence-corrected chi connectivity index (χ2v) is 5.33. The average molecular weight is 258 g/mol. The minimum Gasteiger partial charge on any atom is -0.326 e. The van der Waals surface area contributed by atoms with Gasteiger partial charge in [0, 0.05) is 18.3 Å². The molecule has 5 heteroatoms. The van der Waals surface area contributed by atoms with Crippen LogP contribution in [0.4, 0.5) is 0 Å². The van der Waals surface area contributed by atoms with E-state index in [9.17, 15) is 0 Å². The van der Waals surface area contributed by atoms with E-state index < -0.39 is 0 Å². The fourth-order valence-electron chi connectivity index (χ4n) is 1.97. The van der Waals surface area contributed by atoms with Crippen molar-refractivity contribution in [3.8, 4) is 0 Å². The summed E-state index contributed by atoms with van der Waals surface area (Å²) in [6.45, 7) is 3.23. The van der Waals surface area contributed by atoms with E-state index in [2.05, 4.69) is 16.1 Å². The number of nitrogens with two attached hydrogens (primary N) is 1. The highest BCUT2D eigenvalue weighted by molar-refractivity contribution is 7.18. The Kier molecular flexibility index (Phi) is 2.85. The first-order valence-electron chi connectivity index (χ1n) is 5.83. The van der Waals surface area contributed by atoms with Crippen molar-refractivity contribution in [3.05, 3.63) is 46.7 Å². The van der Waals surface area contributed by atoms with E-state index in [0.717, 1.165) is 21.8 Å². The molecule has 3 rings (SSSR count). The van der Waals surface area contributed by atoms with Gasteiger partial charge in [0.25, 0.3) is 0 Å². The Bertz CT molecular complexity index is 650. The summed E-state index contributed by atoms with van der Waals surface area (Å²) in [5.74, 6) is 0. The number of hydrogen-bond donors (Lipinski definition) is 1. The van der Waals surface area contributed by atoms with Crippen LogP contribution >= 0.6 is 11.3 Å². The van der Waals surface area contributed by atoms with Crippen molar-refractivity contribution in [2.75, 3.05) is 0 Å². The number of rotatable bonds is 3. The van der Waals surface area contributed by atoms with Crippen LogP contribution in [-0.2, 0) is 13.1 Å². The average Bonchev–Trinajstić information content (AvgIpc) is 2.92. The SMILES string of the molecule is Cc1nn(Cc2nc3ccccc3s2)cc1CN. The molecule has 2 N–H and O–H groups in total. The van der Waals surface area contributed by atoms with Gasteiger partial charge < -0.3 is 5.73 Å². The maximum Gasteiger partial charge on any atom is 0.115 e. The van der Waals surface area contributed by atoms with Crippen molar-refractivity contribution in [3.63, 3.8) is 0 Å². The van der Waals surface area contributed by atoms with Crippen molar-refractivity contribution in [2.24, 2.45) is 5.73 Å². The lowest BCUT2D eigenvalue weighted by Crippen LogP contribution is -1.99. The predicted octanol–water partition coefficient (Wildman–Crippen LogP) is 2.31. The summed E-state index contributed by atoms with van der Waals surface area (Å²) in [5, 5.41) is 5.52. The molecule has 0 saturated carbocycles. The maximum absolute atomic E-state index is 5.65. The number of para-hydroxylation sites is 1. The number of fused-ring (bicyclic) bond motifs is 1. The topological polar surface area (TPSA) is 56.7 Å². The lowest BCUT2D eigenvalue weighted by molar-refractivity contribution is 0.677. The molecule has 1 aromatic carbocycles. The highest BCUT2D eigenvalue weighted by atomic mass is 32.1. The van der Waals surface area contributed by atoms with Gasteiger partial charge in [-0.3, -0.25) is 4.68 Å². The van der Waals surface area contributed by atoms with Crippen LogP contribution in [-0.4, -0.2) is 14.8 Å². The van der Waals surface area contributed by atoms with Gasteiger partial charge >= 0.3 is 0 Å². The molecule has 2 heterocycles. The molecule has 0 atom stereocenters. The lowest BCUT2D eigenvalue weighted by atomic mass is 10.3. The van der Waals surface area contributed by atoms with Crippen LogP contribution < -0.4 is 5.73 Å². The van der Waals surface area contributed by atoms with Crippen LogP contribution in [0, 0.1) is 6.92 Å². The fourth-order valence-corrected chi connectivity index (χ4v) is 2.93. The van der Waals surface area contributed by atoms with Crippen molar-refractivity contribution >= 4 is 21.6 Å². The van der Waals surface area contributed by atoms with E-state index in [1.54, 1.807) is 11.3 Å². The first-order valence-corrected chi connectivity index (χ1v) is 6.65. The van der Waals surface area contributed by atoms with Gasteiger partial charge in [-0.15, -0.1) is 11.3 Å². The Morgan fingerprint density at radius 1 is 1.33 bits per heavy atom. The summed E-state index contributed by atoms with van der Waals surface area (Å²) < 4.78 is 3.13. The molecule has 18 heavy (non-hydrogen) atoms. The van der Waals surface area contributed by atoms with Gasteiger partial charge in [0.15, 0.2) is 0 Å². The fraction of sp³-hybridized carbons (Fsp3) is 0.231. The highest BCUT2D eigenvalue weighted by Gasteiger charge is 2.07. The molecule has 4 nitrogen and oxygen atoms in total. The first-order chi connectivity index (χ1) is 8.76. The number of nitrogens with zero attached hydrogens (tertiary/aromatic N) is 3. The molecule has 3 aromatic rings. The van der Waals surface area contributed by atoms with Crippen LogP contribution in [0.1, 0.15) is 16.3 Å². The third-order valence-electron chi connectivity index (χ3n) is 2.90. The zero-order valence-electron chi connectivity index (χ0n) is 10.1. The number of hydrogen-bond acceptors (Lipinski definition) is 4. The van der Waals surface area contributed by atoms with Crippen LogP contribution in [0.15, 0.2) is 30.5 Å². The monoisotopic (exact) mass is 258 g/mol. The summed E-state index contributed by atoms with van der Waals surface area (Å²) in [4.78, 5) is 4.60. The third-order valence-corrected chi connectivity index (χ3v) is 3.92. The quantitative estimate of drug-likeness (QED) is 0.784. The lowest BCUT2D eigenvalue weighted by Gasteiger charge is -1.95. The standard InChI is InChI=1S/C13H14N4S/c1-9-10(6-14)7-17(16-9)8-13-15-11-4-2-3-5-12(11)18-13/h2-5,7H,6,8,14H2,1H3. The molecular formula is C13H14N4S. The van der Waals surface area contributed by atoms with Gasteiger partial charge in [0.1, 0.15) is 5.01 Å². The Labute approximate surface area is 109 Å². The van der Waals surface area contributed by atoms with Crippen LogP contribution in [0.25, 0.3) is 10.2 Å². The highest BCUT2D eigenvalue weighted by Crippen LogP contribution is 2.22. The van der Waals surface area contributed by atoms with Crippen LogP contribution in [0.5, 0.6) is 0 Å². The minimum atomic E-state index is 0.533. The smallest absolute Gasteiger partial charge is 0.115 e. The summed E-state index contributed by atoms with van der Waals surface area (Å²) in [7, 11) is 0. The normalized spacial score (nSPS) is 11.2. The largest absolute Gasteiger partial charge is 0.326 e. The van der Waals surface area contributed by atoms with Gasteiger partial charge in [-0.25, -0.2) is 4.98 Å². The summed E-state index contributed by atoms with van der Waals surface area (Å²) in [6, 6.07) is 8.18. The Balaban J connectivity index is 1.91. The van der Waals surface area contributed by atoms with E-state index in [4.69, 9.17) is 5.73 Å². The Morgan fingerprint density at radius 2 is 2.17 bits per heavy atom. The molecule has 0 unspecified atom stereocenters. The third kappa shape index (κ3) is 2.02. The van der Waals surface area contributed by atoms with Gasteiger partial charge in [-0.1, -0.05) is 12.1 Å². The summed E-state index contributed by atoms with van der Waals surface area (Å²) >= 11 is 1.71. The van der Waals surface area contributed by atoms with Gasteiger partial charge in [0.05, 0.1) is 22.5 Å². The number of aromatic nitrogens is 3. The van der Waals surface area contributed by atoms with Crippen molar-refractivity contribution < 1.29 is 0 Å². The molecule has 0 aliphatic carbocycles. The molecule has 0 aliphatic heterocycles. The summed E-state index contributed by atoms with van der Waals surface area (Å²) in [5.41, 5.74) is 8.80. The van der Waals surface area contributed by atoms with E-state index in [-0.39, 0.29) is 0 Å². The molecular weight excluding hydrogens is 244 g/mol. The van der Waals surface area contributed by atoms with Crippen LogP contribution in [0.3, 0.4) is 0 Å². The molecule has 0 bridgehead atoms. The number of aryl methyl sites for hydroxylation is 1. The van der Waals surface area contributed by atoms with Gasteiger partial charge in [0.2, 0.25) is 0 Å². The Morgan fingerprint density at radius 3 is 2.89 bits per heavy atom. The van der Waals surface area contributed by atoms with Crippen molar-refractivity contribution in [2.45, 2.75) is 20.0 Å². The van der Waals surface area contributed by atoms with E-state index in [1.807, 2.05) is 36.0 Å². The molecule has 2 aromatic heterocycles. The van der Waals surface area contributed by atoms with E-state index >= 15 is 0 Å². The molecule has 0 radical (unpaired) electrons. The minimum absolute atomic E-state index is 0.533. The summed E-state index contributed by atoms with van der Waals surface area (Å²) in [6.07, 6.45) is 2.00. The number of benzene rings is 1.